The average Bonchev–Trinajstić information content (AvgIpc) is 2.40. The van der Waals surface area contributed by atoms with E-state index in [4.69, 9.17) is 5.73 Å². The van der Waals surface area contributed by atoms with Crippen molar-refractivity contribution in [1.82, 2.24) is 4.98 Å². The van der Waals surface area contributed by atoms with Crippen LogP contribution >= 0.6 is 0 Å². The summed E-state index contributed by atoms with van der Waals surface area (Å²) in [7, 11) is 0. The summed E-state index contributed by atoms with van der Waals surface area (Å²) in [5.74, 6) is 0.631. The highest BCUT2D eigenvalue weighted by molar-refractivity contribution is 5.57. The Labute approximate surface area is 119 Å². The van der Waals surface area contributed by atoms with Gasteiger partial charge in [-0.1, -0.05) is 12.1 Å². The number of hydrogen-bond donors (Lipinski definition) is 2. The standard InChI is InChI=1S/C16H18N4/c1-10-7-11(2)20-16(14(10)8-17)19-9-13-5-4-6-15(18)12(13)3/h4-7H,9,18H2,1-3H3,(H,19,20). The lowest BCUT2D eigenvalue weighted by molar-refractivity contribution is 1.06. The summed E-state index contributed by atoms with van der Waals surface area (Å²) in [6, 6.07) is 9.95. The zero-order valence-electron chi connectivity index (χ0n) is 12.0. The number of aryl methyl sites for hydroxylation is 2. The first kappa shape index (κ1) is 13.9. The molecule has 4 nitrogen and oxygen atoms in total. The van der Waals surface area contributed by atoms with Crippen LogP contribution in [0, 0.1) is 32.1 Å². The minimum absolute atomic E-state index is 0.595. The van der Waals surface area contributed by atoms with E-state index in [1.807, 2.05) is 45.0 Å². The summed E-state index contributed by atoms with van der Waals surface area (Å²) in [6.45, 7) is 6.43. The van der Waals surface area contributed by atoms with Crippen LogP contribution in [0.4, 0.5) is 11.5 Å². The van der Waals surface area contributed by atoms with E-state index in [9.17, 15) is 5.26 Å². The van der Waals surface area contributed by atoms with Gasteiger partial charge >= 0.3 is 0 Å². The molecule has 2 rings (SSSR count). The third-order valence-corrected chi connectivity index (χ3v) is 3.39. The van der Waals surface area contributed by atoms with Gasteiger partial charge in [-0.15, -0.1) is 0 Å². The van der Waals surface area contributed by atoms with E-state index in [1.165, 1.54) is 0 Å². The number of pyridine rings is 1. The van der Waals surface area contributed by atoms with Gasteiger partial charge in [0.15, 0.2) is 0 Å². The molecule has 0 aliphatic rings. The van der Waals surface area contributed by atoms with Crippen molar-refractivity contribution in [1.29, 1.82) is 5.26 Å². The Hall–Kier alpha value is -2.54. The zero-order valence-corrected chi connectivity index (χ0v) is 12.0. The maximum atomic E-state index is 9.24. The summed E-state index contributed by atoms with van der Waals surface area (Å²) < 4.78 is 0. The number of nitrogens with two attached hydrogens (primary N) is 1. The zero-order chi connectivity index (χ0) is 14.7. The molecule has 102 valence electrons. The van der Waals surface area contributed by atoms with Gasteiger partial charge in [-0.25, -0.2) is 4.98 Å². The molecule has 0 saturated heterocycles. The van der Waals surface area contributed by atoms with Crippen LogP contribution in [-0.2, 0) is 6.54 Å². The van der Waals surface area contributed by atoms with E-state index in [0.29, 0.717) is 17.9 Å². The van der Waals surface area contributed by atoms with Crippen molar-refractivity contribution in [3.8, 4) is 6.07 Å². The first-order valence-electron chi connectivity index (χ1n) is 6.49. The predicted molar refractivity (Wildman–Crippen MR) is 81.3 cm³/mol. The summed E-state index contributed by atoms with van der Waals surface area (Å²) >= 11 is 0. The van der Waals surface area contributed by atoms with Crippen LogP contribution in [0.3, 0.4) is 0 Å². The number of hydrogen-bond acceptors (Lipinski definition) is 4. The Morgan fingerprint density at radius 1 is 1.30 bits per heavy atom. The lowest BCUT2D eigenvalue weighted by Crippen LogP contribution is -2.07. The van der Waals surface area contributed by atoms with E-state index < -0.39 is 0 Å². The lowest BCUT2D eigenvalue weighted by Gasteiger charge is -2.12. The molecule has 3 N–H and O–H groups in total. The molecule has 0 radical (unpaired) electrons. The lowest BCUT2D eigenvalue weighted by atomic mass is 10.1. The molecule has 0 spiro atoms. The number of anilines is 2. The second kappa shape index (κ2) is 5.62. The molecule has 1 aromatic heterocycles. The highest BCUT2D eigenvalue weighted by Gasteiger charge is 2.09. The predicted octanol–water partition coefficient (Wildman–Crippen LogP) is 3.07. The van der Waals surface area contributed by atoms with Gasteiger partial charge in [0, 0.05) is 17.9 Å². The molecule has 0 saturated carbocycles. The molecule has 2 aromatic rings. The van der Waals surface area contributed by atoms with Crippen molar-refractivity contribution in [2.24, 2.45) is 0 Å². The number of nitrogens with one attached hydrogen (secondary N) is 1. The van der Waals surface area contributed by atoms with Crippen molar-refractivity contribution in [3.63, 3.8) is 0 Å². The van der Waals surface area contributed by atoms with Gasteiger partial charge in [-0.2, -0.15) is 5.26 Å². The average molecular weight is 266 g/mol. The summed E-state index contributed by atoms with van der Waals surface area (Å²) in [6.07, 6.45) is 0. The smallest absolute Gasteiger partial charge is 0.144 e. The number of aromatic nitrogens is 1. The SMILES string of the molecule is Cc1cc(C)c(C#N)c(NCc2cccc(N)c2C)n1. The van der Waals surface area contributed by atoms with Gasteiger partial charge in [0.2, 0.25) is 0 Å². The second-order valence-corrected chi connectivity index (χ2v) is 4.90. The summed E-state index contributed by atoms with van der Waals surface area (Å²) in [5, 5.41) is 12.5. The fourth-order valence-corrected chi connectivity index (χ4v) is 2.18. The Morgan fingerprint density at radius 3 is 2.75 bits per heavy atom. The van der Waals surface area contributed by atoms with Crippen LogP contribution in [-0.4, -0.2) is 4.98 Å². The monoisotopic (exact) mass is 266 g/mol. The number of nitrogen functional groups attached to an aromatic ring is 1. The highest BCUT2D eigenvalue weighted by atomic mass is 15.0. The number of nitrogens with zero attached hydrogens (tertiary/aromatic N) is 2. The van der Waals surface area contributed by atoms with Crippen LogP contribution in [0.1, 0.15) is 27.9 Å². The van der Waals surface area contributed by atoms with Crippen molar-refractivity contribution in [2.45, 2.75) is 27.3 Å². The normalized spacial score (nSPS) is 10.1. The molecule has 1 aromatic carbocycles. The highest BCUT2D eigenvalue weighted by Crippen LogP contribution is 2.20. The molecule has 0 fully saturated rings. The van der Waals surface area contributed by atoms with E-state index >= 15 is 0 Å². The van der Waals surface area contributed by atoms with Crippen molar-refractivity contribution < 1.29 is 0 Å². The van der Waals surface area contributed by atoms with Gasteiger partial charge in [0.05, 0.1) is 5.56 Å². The second-order valence-electron chi connectivity index (χ2n) is 4.90. The number of benzene rings is 1. The molecular formula is C16H18N4. The quantitative estimate of drug-likeness (QED) is 0.837. The maximum Gasteiger partial charge on any atom is 0.144 e. The molecule has 4 heteroatoms. The first-order chi connectivity index (χ1) is 9.52. The van der Waals surface area contributed by atoms with Gasteiger partial charge < -0.3 is 11.1 Å². The summed E-state index contributed by atoms with van der Waals surface area (Å²) in [4.78, 5) is 4.41. The van der Waals surface area contributed by atoms with Gasteiger partial charge in [0.1, 0.15) is 11.9 Å². The molecule has 20 heavy (non-hydrogen) atoms. The summed E-state index contributed by atoms with van der Waals surface area (Å²) in [5.41, 5.74) is 11.3. The fraction of sp³-hybridized carbons (Fsp3) is 0.250. The van der Waals surface area contributed by atoms with Crippen LogP contribution in [0.2, 0.25) is 0 Å². The minimum atomic E-state index is 0.595. The van der Waals surface area contributed by atoms with Crippen LogP contribution < -0.4 is 11.1 Å². The molecular weight excluding hydrogens is 248 g/mol. The first-order valence-corrected chi connectivity index (χ1v) is 6.49. The minimum Gasteiger partial charge on any atom is -0.399 e. The van der Waals surface area contributed by atoms with Crippen molar-refractivity contribution in [2.75, 3.05) is 11.1 Å². The number of rotatable bonds is 3. The fourth-order valence-electron chi connectivity index (χ4n) is 2.18. The molecule has 0 atom stereocenters. The van der Waals surface area contributed by atoms with Crippen LogP contribution in [0.25, 0.3) is 0 Å². The van der Waals surface area contributed by atoms with Crippen molar-refractivity contribution >= 4 is 11.5 Å². The molecule has 0 unspecified atom stereocenters. The third kappa shape index (κ3) is 2.72. The largest absolute Gasteiger partial charge is 0.399 e. The topological polar surface area (TPSA) is 74.7 Å². The van der Waals surface area contributed by atoms with Crippen LogP contribution in [0.5, 0.6) is 0 Å². The Balaban J connectivity index is 2.28. The van der Waals surface area contributed by atoms with Crippen LogP contribution in [0.15, 0.2) is 24.3 Å². The van der Waals surface area contributed by atoms with Crippen molar-refractivity contribution in [3.05, 3.63) is 52.2 Å². The van der Waals surface area contributed by atoms with E-state index in [-0.39, 0.29) is 0 Å². The third-order valence-electron chi connectivity index (χ3n) is 3.39. The Bertz CT molecular complexity index is 684. The van der Waals surface area contributed by atoms with Gasteiger partial charge in [-0.05, 0) is 49.6 Å². The van der Waals surface area contributed by atoms with E-state index in [0.717, 1.165) is 28.1 Å². The number of nitriles is 1. The molecule has 1 heterocycles. The van der Waals surface area contributed by atoms with E-state index in [2.05, 4.69) is 16.4 Å². The van der Waals surface area contributed by atoms with E-state index in [1.54, 1.807) is 0 Å². The molecule has 0 aliphatic heterocycles. The molecule has 0 bridgehead atoms. The Morgan fingerprint density at radius 2 is 2.05 bits per heavy atom. The Kier molecular flexibility index (Phi) is 3.90. The molecule has 0 amide bonds. The van der Waals surface area contributed by atoms with Gasteiger partial charge in [-0.3, -0.25) is 0 Å². The maximum absolute atomic E-state index is 9.24. The molecule has 0 aliphatic carbocycles. The van der Waals surface area contributed by atoms with Gasteiger partial charge in [0.25, 0.3) is 0 Å².